The monoisotopic (exact) mass is 566 g/mol. The Morgan fingerprint density at radius 1 is 0.950 bits per heavy atom. The largest absolute Gasteiger partial charge is 0.466 e. The average molecular weight is 567 g/mol. The number of aromatic nitrogens is 2. The quantitative estimate of drug-likeness (QED) is 0.212. The first kappa shape index (κ1) is 29.3. The van der Waals surface area contributed by atoms with Crippen molar-refractivity contribution in [2.75, 3.05) is 13.2 Å². The molecule has 3 aromatic carbocycles. The van der Waals surface area contributed by atoms with Crippen LogP contribution in [-0.2, 0) is 30.6 Å². The number of halogens is 2. The molecule has 4 rings (SSSR count). The summed E-state index contributed by atoms with van der Waals surface area (Å²) in [7, 11) is 0. The van der Waals surface area contributed by atoms with Crippen LogP contribution in [0.1, 0.15) is 34.9 Å². The number of aliphatic hydroxyl groups is 1. The van der Waals surface area contributed by atoms with Crippen LogP contribution in [0.3, 0.4) is 0 Å². The van der Waals surface area contributed by atoms with Gasteiger partial charge < -0.3 is 20.5 Å². The van der Waals surface area contributed by atoms with Crippen LogP contribution >= 0.6 is 11.7 Å². The molecular formula is C30H32F2N4O3S. The molecule has 0 radical (unpaired) electrons. The fourth-order valence-electron chi connectivity index (χ4n) is 4.32. The van der Waals surface area contributed by atoms with E-state index in [9.17, 15) is 18.7 Å². The molecule has 4 aromatic rings. The number of hydrogen-bond acceptors (Lipinski definition) is 7. The van der Waals surface area contributed by atoms with Crippen LogP contribution in [0.5, 0.6) is 5.88 Å². The van der Waals surface area contributed by atoms with Gasteiger partial charge >= 0.3 is 0 Å². The van der Waals surface area contributed by atoms with Gasteiger partial charge in [-0.3, -0.25) is 4.79 Å². The van der Waals surface area contributed by atoms with E-state index < -0.39 is 29.7 Å². The zero-order valence-corrected chi connectivity index (χ0v) is 23.0. The van der Waals surface area contributed by atoms with Crippen molar-refractivity contribution < 1.29 is 23.4 Å². The summed E-state index contributed by atoms with van der Waals surface area (Å²) in [5.74, 6) is -1.69. The van der Waals surface area contributed by atoms with Gasteiger partial charge in [-0.2, -0.15) is 4.37 Å². The van der Waals surface area contributed by atoms with Crippen LogP contribution < -0.4 is 15.4 Å². The number of hydrogen-bond donors (Lipinski definition) is 3. The van der Waals surface area contributed by atoms with Crippen molar-refractivity contribution >= 4 is 17.6 Å². The van der Waals surface area contributed by atoms with Gasteiger partial charge in [0.05, 0.1) is 23.9 Å². The Kier molecular flexibility index (Phi) is 10.7. The summed E-state index contributed by atoms with van der Waals surface area (Å²) in [4.78, 5) is 12.9. The number of carbonyl (C=O) groups excluding carboxylic acids is 1. The molecule has 1 amide bonds. The van der Waals surface area contributed by atoms with Gasteiger partial charge in [0, 0.05) is 25.6 Å². The molecule has 40 heavy (non-hydrogen) atoms. The van der Waals surface area contributed by atoms with E-state index in [2.05, 4.69) is 38.4 Å². The minimum Gasteiger partial charge on any atom is -0.466 e. The lowest BCUT2D eigenvalue weighted by Gasteiger charge is -2.25. The van der Waals surface area contributed by atoms with Crippen LogP contribution in [0.4, 0.5) is 8.78 Å². The number of rotatable bonds is 14. The van der Waals surface area contributed by atoms with Gasteiger partial charge in [0.2, 0.25) is 5.88 Å². The van der Waals surface area contributed by atoms with Gasteiger partial charge in [-0.15, -0.1) is 4.37 Å². The Bertz CT molecular complexity index is 1370. The molecule has 7 nitrogen and oxygen atoms in total. The molecule has 0 saturated heterocycles. The van der Waals surface area contributed by atoms with Gasteiger partial charge in [-0.05, 0) is 47.2 Å². The summed E-state index contributed by atoms with van der Waals surface area (Å²) in [6, 6.07) is 20.1. The second-order valence-corrected chi connectivity index (χ2v) is 10.0. The Morgan fingerprint density at radius 3 is 2.42 bits per heavy atom. The molecule has 1 heterocycles. The highest BCUT2D eigenvalue weighted by Crippen LogP contribution is 2.19. The Labute approximate surface area is 236 Å². The lowest BCUT2D eigenvalue weighted by molar-refractivity contribution is -0.124. The van der Waals surface area contributed by atoms with E-state index in [4.69, 9.17) is 4.74 Å². The minimum atomic E-state index is -1.04. The maximum Gasteiger partial charge on any atom is 0.258 e. The summed E-state index contributed by atoms with van der Waals surface area (Å²) in [6.45, 7) is 2.39. The van der Waals surface area contributed by atoms with Crippen molar-refractivity contribution in [1.82, 2.24) is 19.4 Å². The molecule has 3 N–H and O–H groups in total. The second kappa shape index (κ2) is 14.6. The lowest BCUT2D eigenvalue weighted by atomic mass is 10.0. The molecule has 2 atom stereocenters. The normalized spacial score (nSPS) is 12.6. The van der Waals surface area contributed by atoms with Crippen molar-refractivity contribution in [3.05, 3.63) is 112 Å². The Hall–Kier alpha value is -3.73. The number of ether oxygens (including phenoxy) is 1. The van der Waals surface area contributed by atoms with E-state index in [1.807, 2.05) is 42.5 Å². The molecule has 0 aliphatic carbocycles. The predicted molar refractivity (Wildman–Crippen MR) is 150 cm³/mol. The summed E-state index contributed by atoms with van der Waals surface area (Å²) in [5.41, 5.74) is 4.24. The van der Waals surface area contributed by atoms with Gasteiger partial charge in [0.25, 0.3) is 5.91 Å². The molecule has 0 fully saturated rings. The molecule has 0 saturated carbocycles. The zero-order chi connectivity index (χ0) is 28.3. The molecule has 0 bridgehead atoms. The third-order valence-electron chi connectivity index (χ3n) is 6.35. The molecule has 210 valence electrons. The summed E-state index contributed by atoms with van der Waals surface area (Å²) in [5, 5.41) is 16.9. The standard InChI is InChI=1S/C30H32F2N4O3S/c1-2-20-9-6-10-22(11-20)17-33-18-28(37)26(15-23-12-24(31)16-25(32)13-23)34-29(38)19-39-30-27(35-40-36-30)14-21-7-4-3-5-8-21/h3-13,16,26,28,33,37H,2,14-15,17-19H2,1H3,(H,34,38). The van der Waals surface area contributed by atoms with E-state index in [0.29, 0.717) is 24.2 Å². The number of aliphatic hydroxyl groups excluding tert-OH is 1. The third kappa shape index (κ3) is 8.90. The third-order valence-corrected chi connectivity index (χ3v) is 6.90. The van der Waals surface area contributed by atoms with Gasteiger partial charge in [0.15, 0.2) is 6.61 Å². The summed E-state index contributed by atoms with van der Waals surface area (Å²) >= 11 is 0.994. The maximum atomic E-state index is 13.8. The van der Waals surface area contributed by atoms with Crippen molar-refractivity contribution in [2.24, 2.45) is 0 Å². The van der Waals surface area contributed by atoms with E-state index in [1.54, 1.807) is 0 Å². The second-order valence-electron chi connectivity index (χ2n) is 9.49. The molecule has 0 aliphatic rings. The van der Waals surface area contributed by atoms with E-state index in [1.165, 1.54) is 17.7 Å². The number of benzene rings is 3. The fourth-order valence-corrected chi connectivity index (χ4v) is 4.83. The molecule has 0 spiro atoms. The van der Waals surface area contributed by atoms with Crippen LogP contribution in [0.15, 0.2) is 72.8 Å². The first-order valence-electron chi connectivity index (χ1n) is 13.1. The first-order chi connectivity index (χ1) is 19.4. The molecule has 0 aliphatic heterocycles. The van der Waals surface area contributed by atoms with Crippen LogP contribution in [0, 0.1) is 11.6 Å². The van der Waals surface area contributed by atoms with Gasteiger partial charge in [-0.25, -0.2) is 8.78 Å². The van der Waals surface area contributed by atoms with Gasteiger partial charge in [0.1, 0.15) is 17.3 Å². The van der Waals surface area contributed by atoms with Crippen molar-refractivity contribution in [3.63, 3.8) is 0 Å². The summed E-state index contributed by atoms with van der Waals surface area (Å²) in [6.07, 6.45) is 0.403. The summed E-state index contributed by atoms with van der Waals surface area (Å²) < 4.78 is 41.7. The highest BCUT2D eigenvalue weighted by atomic mass is 32.1. The zero-order valence-electron chi connectivity index (χ0n) is 22.1. The van der Waals surface area contributed by atoms with Crippen LogP contribution in [0.25, 0.3) is 0 Å². The smallest absolute Gasteiger partial charge is 0.258 e. The molecular weight excluding hydrogens is 534 g/mol. The average Bonchev–Trinajstić information content (AvgIpc) is 3.38. The number of amides is 1. The van der Waals surface area contributed by atoms with Crippen molar-refractivity contribution in [2.45, 2.75) is 44.9 Å². The van der Waals surface area contributed by atoms with Crippen LogP contribution in [0.2, 0.25) is 0 Å². The highest BCUT2D eigenvalue weighted by Gasteiger charge is 2.23. The topological polar surface area (TPSA) is 96.4 Å². The first-order valence-corrected chi connectivity index (χ1v) is 13.8. The number of carbonyl (C=O) groups is 1. The number of nitrogens with one attached hydrogen (secondary N) is 2. The number of nitrogens with zero attached hydrogens (tertiary/aromatic N) is 2. The Morgan fingerprint density at radius 2 is 1.68 bits per heavy atom. The fraction of sp³-hybridized carbons (Fsp3) is 0.300. The molecule has 10 heteroatoms. The van der Waals surface area contributed by atoms with Gasteiger partial charge in [-0.1, -0.05) is 61.5 Å². The van der Waals surface area contributed by atoms with Crippen molar-refractivity contribution in [1.29, 1.82) is 0 Å². The molecule has 1 aromatic heterocycles. The van der Waals surface area contributed by atoms with E-state index >= 15 is 0 Å². The molecule has 2 unspecified atom stereocenters. The van der Waals surface area contributed by atoms with E-state index in [0.717, 1.165) is 35.3 Å². The predicted octanol–water partition coefficient (Wildman–Crippen LogP) is 4.23. The maximum absolute atomic E-state index is 13.8. The highest BCUT2D eigenvalue weighted by molar-refractivity contribution is 6.99. The SMILES string of the molecule is CCc1cccc(CNCC(O)C(Cc2cc(F)cc(F)c2)NC(=O)COc2nsnc2Cc2ccccc2)c1. The number of aryl methyl sites for hydroxylation is 1. The minimum absolute atomic E-state index is 0.0199. The van der Waals surface area contributed by atoms with Crippen LogP contribution in [-0.4, -0.2) is 45.1 Å². The Balaban J connectivity index is 1.37. The lowest BCUT2D eigenvalue weighted by Crippen LogP contribution is -2.49. The van der Waals surface area contributed by atoms with Crippen molar-refractivity contribution in [3.8, 4) is 5.88 Å². The van der Waals surface area contributed by atoms with E-state index in [-0.39, 0.29) is 25.5 Å².